The third kappa shape index (κ3) is 7.45. The number of aliphatic carboxylic acids is 1. The largest absolute Gasteiger partial charge is 0.478 e. The second-order valence-corrected chi connectivity index (χ2v) is 6.83. The summed E-state index contributed by atoms with van der Waals surface area (Å²) in [7, 11) is -4.18. The van der Waals surface area contributed by atoms with Gasteiger partial charge in [-0.3, -0.25) is 4.72 Å². The zero-order valence-electron chi connectivity index (χ0n) is 13.0. The quantitative estimate of drug-likeness (QED) is 0.451. The van der Waals surface area contributed by atoms with Gasteiger partial charge < -0.3 is 5.11 Å². The highest BCUT2D eigenvalue weighted by Gasteiger charge is 2.26. The third-order valence-corrected chi connectivity index (χ3v) is 4.70. The number of nitrogens with one attached hydrogen (secondary N) is 1. The van der Waals surface area contributed by atoms with Crippen LogP contribution in [0.2, 0.25) is 0 Å². The lowest BCUT2D eigenvalue weighted by Crippen LogP contribution is -2.32. The minimum Gasteiger partial charge on any atom is -0.478 e. The van der Waals surface area contributed by atoms with Crippen molar-refractivity contribution >= 4 is 16.0 Å². The molecule has 0 spiro atoms. The van der Waals surface area contributed by atoms with Crippen LogP contribution in [0, 0.1) is 0 Å². The van der Waals surface area contributed by atoms with E-state index in [9.17, 15) is 17.6 Å². The monoisotopic (exact) mass is 323 g/mol. The molecule has 0 amide bonds. The molecule has 0 aliphatic rings. The number of allylic oxidation sites excluding steroid dienone is 1. The maximum atomic E-state index is 13.8. The van der Waals surface area contributed by atoms with Crippen LogP contribution < -0.4 is 4.72 Å². The fraction of sp³-hybridized carbons (Fsp3) is 0.786. The maximum Gasteiger partial charge on any atom is 0.333 e. The number of hydrogen-bond donors (Lipinski definition) is 2. The van der Waals surface area contributed by atoms with Crippen molar-refractivity contribution in [3.63, 3.8) is 0 Å². The summed E-state index contributed by atoms with van der Waals surface area (Å²) in [4.78, 5) is 10.8. The summed E-state index contributed by atoms with van der Waals surface area (Å²) in [6.45, 7) is 4.97. The first-order valence-electron chi connectivity index (χ1n) is 7.35. The molecule has 7 heteroatoms. The van der Waals surface area contributed by atoms with E-state index in [2.05, 4.69) is 11.6 Å². The van der Waals surface area contributed by atoms with Crippen molar-refractivity contribution in [1.82, 2.24) is 4.72 Å². The van der Waals surface area contributed by atoms with E-state index in [1.54, 1.807) is 6.92 Å². The average Bonchev–Trinajstić information content (AvgIpc) is 2.43. The van der Waals surface area contributed by atoms with Crippen molar-refractivity contribution in [3.8, 4) is 0 Å². The molecule has 0 aliphatic carbocycles. The molecule has 0 radical (unpaired) electrons. The molecule has 0 aromatic heterocycles. The van der Waals surface area contributed by atoms with E-state index in [4.69, 9.17) is 5.11 Å². The molecule has 1 unspecified atom stereocenters. The van der Waals surface area contributed by atoms with Crippen LogP contribution in [0.15, 0.2) is 11.3 Å². The van der Waals surface area contributed by atoms with Crippen molar-refractivity contribution in [2.75, 3.05) is 0 Å². The Hall–Kier alpha value is -1.11. The molecule has 0 heterocycles. The summed E-state index contributed by atoms with van der Waals surface area (Å²) in [6, 6.07) is 0. The fourth-order valence-corrected chi connectivity index (χ4v) is 3.09. The lowest BCUT2D eigenvalue weighted by molar-refractivity contribution is -0.132. The van der Waals surface area contributed by atoms with E-state index < -0.39 is 21.5 Å². The minimum absolute atomic E-state index is 0.0242. The van der Waals surface area contributed by atoms with Gasteiger partial charge in [0.15, 0.2) is 0 Å². The number of rotatable bonds is 11. The third-order valence-electron chi connectivity index (χ3n) is 3.26. The smallest absolute Gasteiger partial charge is 0.333 e. The zero-order chi connectivity index (χ0) is 16.5. The lowest BCUT2D eigenvalue weighted by atomic mass is 10.1. The topological polar surface area (TPSA) is 83.5 Å². The van der Waals surface area contributed by atoms with Crippen LogP contribution in [0.5, 0.6) is 0 Å². The molecule has 0 saturated heterocycles. The molecule has 21 heavy (non-hydrogen) atoms. The Balaban J connectivity index is 4.59. The van der Waals surface area contributed by atoms with Crippen LogP contribution >= 0.6 is 0 Å². The van der Waals surface area contributed by atoms with Crippen molar-refractivity contribution in [2.45, 2.75) is 71.2 Å². The Kier molecular flexibility index (Phi) is 9.24. The number of alkyl halides is 1. The maximum absolute atomic E-state index is 13.8. The van der Waals surface area contributed by atoms with E-state index in [0.29, 0.717) is 6.42 Å². The Morgan fingerprint density at radius 1 is 1.19 bits per heavy atom. The van der Waals surface area contributed by atoms with Crippen LogP contribution in [0.4, 0.5) is 4.39 Å². The van der Waals surface area contributed by atoms with Gasteiger partial charge in [-0.15, -0.1) is 0 Å². The Morgan fingerprint density at radius 3 is 2.24 bits per heavy atom. The molecule has 2 N–H and O–H groups in total. The van der Waals surface area contributed by atoms with E-state index in [0.717, 1.165) is 25.7 Å². The van der Waals surface area contributed by atoms with Gasteiger partial charge in [0, 0.05) is 5.70 Å². The molecule has 0 bridgehead atoms. The summed E-state index contributed by atoms with van der Waals surface area (Å²) in [5.74, 6) is -1.22. The number of carboxylic acid groups (broad SMARTS) is 1. The summed E-state index contributed by atoms with van der Waals surface area (Å²) < 4.78 is 39.6. The number of carbonyl (C=O) groups is 1. The van der Waals surface area contributed by atoms with Gasteiger partial charge in [-0.05, 0) is 26.2 Å². The summed E-state index contributed by atoms with van der Waals surface area (Å²) in [5.41, 5.74) is -2.10. The van der Waals surface area contributed by atoms with Crippen LogP contribution in [0.1, 0.15) is 65.7 Å². The number of sulfonamides is 1. The molecular weight excluding hydrogens is 297 g/mol. The van der Waals surface area contributed by atoms with Gasteiger partial charge >= 0.3 is 5.97 Å². The van der Waals surface area contributed by atoms with E-state index in [1.807, 2.05) is 0 Å². The normalized spacial score (nSPS) is 14.5. The molecular formula is C14H26FNO4S. The highest BCUT2D eigenvalue weighted by molar-refractivity contribution is 7.90. The first kappa shape index (κ1) is 19.9. The molecule has 0 aromatic carbocycles. The second kappa shape index (κ2) is 9.76. The van der Waals surface area contributed by atoms with E-state index in [-0.39, 0.29) is 24.1 Å². The first-order chi connectivity index (χ1) is 9.76. The average molecular weight is 323 g/mol. The predicted octanol–water partition coefficient (Wildman–Crippen LogP) is 3.33. The molecule has 0 rings (SSSR count). The van der Waals surface area contributed by atoms with Gasteiger partial charge in [0.2, 0.25) is 5.50 Å². The van der Waals surface area contributed by atoms with E-state index >= 15 is 0 Å². The van der Waals surface area contributed by atoms with Gasteiger partial charge in [0.05, 0.1) is 5.57 Å². The van der Waals surface area contributed by atoms with Gasteiger partial charge in [-0.25, -0.2) is 17.6 Å². The first-order valence-corrected chi connectivity index (χ1v) is 8.89. The lowest BCUT2D eigenvalue weighted by Gasteiger charge is -2.15. The van der Waals surface area contributed by atoms with Gasteiger partial charge in [-0.1, -0.05) is 39.5 Å². The fourth-order valence-electron chi connectivity index (χ4n) is 1.84. The second-order valence-electron chi connectivity index (χ2n) is 5.02. The summed E-state index contributed by atoms with van der Waals surface area (Å²) in [6.07, 6.45) is 4.51. The molecule has 124 valence electrons. The number of hydrogen-bond acceptors (Lipinski definition) is 3. The van der Waals surface area contributed by atoms with Crippen molar-refractivity contribution in [3.05, 3.63) is 11.3 Å². The van der Waals surface area contributed by atoms with Gasteiger partial charge in [0.25, 0.3) is 10.0 Å². The highest BCUT2D eigenvalue weighted by atomic mass is 32.2. The van der Waals surface area contributed by atoms with E-state index in [1.165, 1.54) is 6.92 Å². The Labute approximate surface area is 126 Å². The number of halogens is 1. The molecule has 0 aromatic rings. The van der Waals surface area contributed by atoms with Crippen molar-refractivity contribution in [2.24, 2.45) is 0 Å². The Bertz CT molecular complexity index is 460. The number of carboxylic acids is 1. The highest BCUT2D eigenvalue weighted by Crippen LogP contribution is 2.16. The van der Waals surface area contributed by atoms with Crippen LogP contribution in [-0.4, -0.2) is 25.0 Å². The minimum atomic E-state index is -4.18. The standard InChI is InChI=1S/C14H26FNO4S/c1-4-6-7-8-9-10-13(15)21(19,20)16-12(5-2)11(3)14(17)18/h13,16H,4-10H2,1-3H3,(H,17,18)/b12-11+. The molecule has 1 atom stereocenters. The SMILES string of the molecule is CCCCCCCC(F)S(=O)(=O)N/C(CC)=C(\C)C(=O)O. The van der Waals surface area contributed by atoms with Crippen LogP contribution in [0.3, 0.4) is 0 Å². The molecule has 0 saturated carbocycles. The van der Waals surface area contributed by atoms with Crippen molar-refractivity contribution < 1.29 is 22.7 Å². The van der Waals surface area contributed by atoms with Crippen LogP contribution in [0.25, 0.3) is 0 Å². The molecule has 5 nitrogen and oxygen atoms in total. The predicted molar refractivity (Wildman–Crippen MR) is 81.0 cm³/mol. The summed E-state index contributed by atoms with van der Waals surface area (Å²) in [5, 5.41) is 8.86. The van der Waals surface area contributed by atoms with Gasteiger partial charge in [0.1, 0.15) is 0 Å². The summed E-state index contributed by atoms with van der Waals surface area (Å²) >= 11 is 0. The number of unbranched alkanes of at least 4 members (excludes halogenated alkanes) is 4. The Morgan fingerprint density at radius 2 is 1.76 bits per heavy atom. The zero-order valence-corrected chi connectivity index (χ0v) is 13.8. The molecule has 0 aliphatic heterocycles. The van der Waals surface area contributed by atoms with Gasteiger partial charge in [-0.2, -0.15) is 0 Å². The van der Waals surface area contributed by atoms with Crippen LogP contribution in [-0.2, 0) is 14.8 Å². The van der Waals surface area contributed by atoms with Crippen molar-refractivity contribution in [1.29, 1.82) is 0 Å². The molecule has 0 fully saturated rings.